The van der Waals surface area contributed by atoms with Crippen molar-refractivity contribution in [2.75, 3.05) is 13.7 Å². The van der Waals surface area contributed by atoms with Crippen LogP contribution in [0.1, 0.15) is 33.1 Å². The summed E-state index contributed by atoms with van der Waals surface area (Å²) in [7, 11) is 1.77. The minimum absolute atomic E-state index is 0.0167. The van der Waals surface area contributed by atoms with Crippen LogP contribution < -0.4 is 5.73 Å². The highest BCUT2D eigenvalue weighted by Crippen LogP contribution is 2.30. The van der Waals surface area contributed by atoms with Gasteiger partial charge in [-0.1, -0.05) is 6.92 Å². The highest BCUT2D eigenvalue weighted by molar-refractivity contribution is 5.79. The maximum Gasteiger partial charge on any atom is 0.226 e. The van der Waals surface area contributed by atoms with Crippen LogP contribution in [0.3, 0.4) is 0 Å². The van der Waals surface area contributed by atoms with E-state index in [4.69, 9.17) is 10.8 Å². The molecular formula is C12H24N2O2. The van der Waals surface area contributed by atoms with Crippen molar-refractivity contribution in [3.63, 3.8) is 0 Å². The molecule has 0 aliphatic heterocycles. The molecule has 3 N–H and O–H groups in total. The molecule has 1 rings (SSSR count). The molecule has 1 fully saturated rings. The Hall–Kier alpha value is -0.610. The van der Waals surface area contributed by atoms with Crippen molar-refractivity contribution in [2.45, 2.75) is 45.2 Å². The van der Waals surface area contributed by atoms with Crippen molar-refractivity contribution >= 4 is 5.91 Å². The van der Waals surface area contributed by atoms with Gasteiger partial charge in [0.05, 0.1) is 12.6 Å². The molecule has 1 saturated carbocycles. The third-order valence-corrected chi connectivity index (χ3v) is 3.80. The standard InChI is InChI=1S/C12H24N2O2/c1-8-6-10(13)4-5-11(8)12(16)14(3)9(2)7-15/h8-11,15H,4-7,13H2,1-3H3. The molecule has 0 aromatic rings. The van der Waals surface area contributed by atoms with Crippen LogP contribution in [-0.4, -0.2) is 41.7 Å². The average Bonchev–Trinajstić information content (AvgIpc) is 2.26. The molecule has 4 atom stereocenters. The second-order valence-corrected chi connectivity index (χ2v) is 5.14. The largest absolute Gasteiger partial charge is 0.394 e. The molecule has 1 aliphatic carbocycles. The molecule has 0 aromatic carbocycles. The van der Waals surface area contributed by atoms with E-state index in [0.717, 1.165) is 19.3 Å². The van der Waals surface area contributed by atoms with Crippen LogP contribution in [0, 0.1) is 11.8 Å². The summed E-state index contributed by atoms with van der Waals surface area (Å²) in [6.07, 6.45) is 2.74. The second kappa shape index (κ2) is 5.64. The molecule has 0 aromatic heterocycles. The van der Waals surface area contributed by atoms with Gasteiger partial charge in [0.2, 0.25) is 5.91 Å². The fraction of sp³-hybridized carbons (Fsp3) is 0.917. The molecule has 16 heavy (non-hydrogen) atoms. The fourth-order valence-corrected chi connectivity index (χ4v) is 2.41. The van der Waals surface area contributed by atoms with Crippen molar-refractivity contribution < 1.29 is 9.90 Å². The van der Waals surface area contributed by atoms with Crippen molar-refractivity contribution in [1.29, 1.82) is 0 Å². The maximum atomic E-state index is 12.2. The van der Waals surface area contributed by atoms with Gasteiger partial charge in [0, 0.05) is 19.0 Å². The smallest absolute Gasteiger partial charge is 0.226 e. The number of nitrogens with two attached hydrogens (primary N) is 1. The van der Waals surface area contributed by atoms with Gasteiger partial charge >= 0.3 is 0 Å². The lowest BCUT2D eigenvalue weighted by molar-refractivity contribution is -0.139. The Kier molecular flexibility index (Phi) is 4.74. The summed E-state index contributed by atoms with van der Waals surface area (Å²) in [6, 6.07) is 0.148. The van der Waals surface area contributed by atoms with Gasteiger partial charge in [-0.15, -0.1) is 0 Å². The van der Waals surface area contributed by atoms with Gasteiger partial charge in [-0.2, -0.15) is 0 Å². The van der Waals surface area contributed by atoms with E-state index in [-0.39, 0.29) is 30.5 Å². The highest BCUT2D eigenvalue weighted by atomic mass is 16.3. The zero-order chi connectivity index (χ0) is 12.3. The molecule has 0 saturated heterocycles. The second-order valence-electron chi connectivity index (χ2n) is 5.14. The Bertz CT molecular complexity index is 245. The minimum atomic E-state index is -0.102. The predicted octanol–water partition coefficient (Wildman–Crippen LogP) is 0.589. The number of carbonyl (C=O) groups is 1. The summed E-state index contributed by atoms with van der Waals surface area (Å²) in [6.45, 7) is 3.97. The molecule has 4 heteroatoms. The van der Waals surface area contributed by atoms with Crippen LogP contribution in [-0.2, 0) is 4.79 Å². The van der Waals surface area contributed by atoms with Gasteiger partial charge < -0.3 is 15.7 Å². The first-order valence-electron chi connectivity index (χ1n) is 6.10. The van der Waals surface area contributed by atoms with Crippen LogP contribution in [0.2, 0.25) is 0 Å². The molecule has 0 radical (unpaired) electrons. The fourth-order valence-electron chi connectivity index (χ4n) is 2.41. The Morgan fingerprint density at radius 2 is 2.19 bits per heavy atom. The number of hydrogen-bond donors (Lipinski definition) is 2. The Morgan fingerprint density at radius 3 is 2.69 bits per heavy atom. The molecule has 0 spiro atoms. The SMILES string of the molecule is CC1CC(N)CCC1C(=O)N(C)C(C)CO. The zero-order valence-corrected chi connectivity index (χ0v) is 10.5. The lowest BCUT2D eigenvalue weighted by Gasteiger charge is -2.35. The molecule has 94 valence electrons. The van der Waals surface area contributed by atoms with Gasteiger partial charge in [0.1, 0.15) is 0 Å². The third-order valence-electron chi connectivity index (χ3n) is 3.80. The van der Waals surface area contributed by atoms with E-state index in [1.165, 1.54) is 0 Å². The summed E-state index contributed by atoms with van der Waals surface area (Å²) in [4.78, 5) is 13.9. The van der Waals surface area contributed by atoms with Gasteiger partial charge in [-0.3, -0.25) is 4.79 Å². The van der Waals surface area contributed by atoms with E-state index in [2.05, 4.69) is 6.92 Å². The monoisotopic (exact) mass is 228 g/mol. The van der Waals surface area contributed by atoms with E-state index in [1.807, 2.05) is 6.92 Å². The summed E-state index contributed by atoms with van der Waals surface area (Å²) >= 11 is 0. The molecule has 1 amide bonds. The zero-order valence-electron chi connectivity index (χ0n) is 10.5. The van der Waals surface area contributed by atoms with Crippen LogP contribution >= 0.6 is 0 Å². The quantitative estimate of drug-likeness (QED) is 0.743. The van der Waals surface area contributed by atoms with Crippen LogP contribution in [0.4, 0.5) is 0 Å². The lowest BCUT2D eigenvalue weighted by atomic mass is 9.77. The summed E-state index contributed by atoms with van der Waals surface area (Å²) in [5.41, 5.74) is 5.88. The summed E-state index contributed by atoms with van der Waals surface area (Å²) in [5, 5.41) is 9.05. The van der Waals surface area contributed by atoms with E-state index >= 15 is 0 Å². The molecular weight excluding hydrogens is 204 g/mol. The maximum absolute atomic E-state index is 12.2. The topological polar surface area (TPSA) is 66.6 Å². The lowest BCUT2D eigenvalue weighted by Crippen LogP contribution is -2.45. The van der Waals surface area contributed by atoms with E-state index in [0.29, 0.717) is 5.92 Å². The third kappa shape index (κ3) is 2.95. The van der Waals surface area contributed by atoms with Gasteiger partial charge in [-0.05, 0) is 32.1 Å². The molecule has 1 aliphatic rings. The number of likely N-dealkylation sites (N-methyl/N-ethyl adjacent to an activating group) is 1. The van der Waals surface area contributed by atoms with Crippen LogP contribution in [0.5, 0.6) is 0 Å². The number of nitrogens with zero attached hydrogens (tertiary/aromatic N) is 1. The summed E-state index contributed by atoms with van der Waals surface area (Å²) in [5.74, 6) is 0.587. The first-order valence-corrected chi connectivity index (χ1v) is 6.10. The van der Waals surface area contributed by atoms with Crippen molar-refractivity contribution in [1.82, 2.24) is 4.90 Å². The molecule has 4 nitrogen and oxygen atoms in total. The van der Waals surface area contributed by atoms with Gasteiger partial charge in [-0.25, -0.2) is 0 Å². The number of carbonyl (C=O) groups excluding carboxylic acids is 1. The number of rotatable bonds is 3. The summed E-state index contributed by atoms with van der Waals surface area (Å²) < 4.78 is 0. The van der Waals surface area contributed by atoms with Crippen molar-refractivity contribution in [3.8, 4) is 0 Å². The van der Waals surface area contributed by atoms with Gasteiger partial charge in [0.15, 0.2) is 0 Å². The minimum Gasteiger partial charge on any atom is -0.394 e. The van der Waals surface area contributed by atoms with E-state index in [1.54, 1.807) is 11.9 Å². The number of amides is 1. The van der Waals surface area contributed by atoms with Crippen LogP contribution in [0.15, 0.2) is 0 Å². The normalized spacial score (nSPS) is 32.2. The van der Waals surface area contributed by atoms with Crippen molar-refractivity contribution in [3.05, 3.63) is 0 Å². The molecule has 0 bridgehead atoms. The van der Waals surface area contributed by atoms with Crippen molar-refractivity contribution in [2.24, 2.45) is 17.6 Å². The number of aliphatic hydroxyl groups excluding tert-OH is 1. The highest BCUT2D eigenvalue weighted by Gasteiger charge is 2.33. The van der Waals surface area contributed by atoms with Crippen LogP contribution in [0.25, 0.3) is 0 Å². The average molecular weight is 228 g/mol. The first kappa shape index (κ1) is 13.5. The Labute approximate surface area is 97.8 Å². The predicted molar refractivity (Wildman–Crippen MR) is 63.8 cm³/mol. The van der Waals surface area contributed by atoms with E-state index in [9.17, 15) is 4.79 Å². The molecule has 0 heterocycles. The first-order chi connectivity index (χ1) is 7.47. The molecule has 4 unspecified atom stereocenters. The number of hydrogen-bond acceptors (Lipinski definition) is 3. The Balaban J connectivity index is 2.59. The Morgan fingerprint density at radius 1 is 1.56 bits per heavy atom. The van der Waals surface area contributed by atoms with Gasteiger partial charge in [0.25, 0.3) is 0 Å². The van der Waals surface area contributed by atoms with E-state index < -0.39 is 0 Å². The number of aliphatic hydroxyl groups is 1.